The molecular weight excluding hydrogens is 652 g/mol. The van der Waals surface area contributed by atoms with Crippen LogP contribution >= 0.6 is 46.4 Å². The molecule has 0 heterocycles. The van der Waals surface area contributed by atoms with E-state index in [4.69, 9.17) is 46.4 Å². The number of benzene rings is 3. The van der Waals surface area contributed by atoms with E-state index < -0.39 is 28.5 Å². The van der Waals surface area contributed by atoms with Gasteiger partial charge in [0.15, 0.2) is 0 Å². The fourth-order valence-electron chi connectivity index (χ4n) is 5.21. The van der Waals surface area contributed by atoms with E-state index in [9.17, 15) is 18.0 Å². The van der Waals surface area contributed by atoms with Crippen molar-refractivity contribution in [1.29, 1.82) is 0 Å². The van der Waals surface area contributed by atoms with Crippen LogP contribution < -0.4 is 9.62 Å². The first-order chi connectivity index (χ1) is 20.5. The largest absolute Gasteiger partial charge is 0.352 e. The van der Waals surface area contributed by atoms with Gasteiger partial charge in [-0.15, -0.1) is 0 Å². The minimum Gasteiger partial charge on any atom is -0.352 e. The van der Waals surface area contributed by atoms with Gasteiger partial charge in [0.25, 0.3) is 10.0 Å². The van der Waals surface area contributed by atoms with Gasteiger partial charge in [0.1, 0.15) is 12.6 Å². The number of nitrogens with one attached hydrogen (secondary N) is 1. The van der Waals surface area contributed by atoms with Crippen molar-refractivity contribution in [2.45, 2.75) is 69.0 Å². The van der Waals surface area contributed by atoms with E-state index in [1.165, 1.54) is 35.2 Å². The van der Waals surface area contributed by atoms with Crippen LogP contribution in [-0.2, 0) is 26.2 Å². The Morgan fingerprint density at radius 2 is 1.51 bits per heavy atom. The Kier molecular flexibility index (Phi) is 11.6. The molecule has 1 aliphatic rings. The predicted octanol–water partition coefficient (Wildman–Crippen LogP) is 7.75. The van der Waals surface area contributed by atoms with Crippen LogP contribution in [0.15, 0.2) is 71.6 Å². The lowest BCUT2D eigenvalue weighted by Gasteiger charge is -2.34. The van der Waals surface area contributed by atoms with Crippen molar-refractivity contribution in [1.82, 2.24) is 10.2 Å². The highest BCUT2D eigenvalue weighted by atomic mass is 35.5. The molecule has 0 aliphatic heterocycles. The third-order valence-electron chi connectivity index (χ3n) is 7.48. The number of hydrogen-bond donors (Lipinski definition) is 1. The normalized spacial score (nSPS) is 14.6. The number of anilines is 1. The van der Waals surface area contributed by atoms with Crippen molar-refractivity contribution in [2.24, 2.45) is 0 Å². The number of carbonyl (C=O) groups is 2. The maximum absolute atomic E-state index is 14.3. The number of halogens is 4. The fraction of sp³-hybridized carbons (Fsp3) is 0.355. The number of carbonyl (C=O) groups excluding carboxylic acids is 2. The lowest BCUT2D eigenvalue weighted by atomic mass is 9.95. The topological polar surface area (TPSA) is 86.8 Å². The average molecular weight is 686 g/mol. The van der Waals surface area contributed by atoms with E-state index in [0.29, 0.717) is 27.1 Å². The number of hydrogen-bond acceptors (Lipinski definition) is 4. The maximum Gasteiger partial charge on any atom is 0.264 e. The van der Waals surface area contributed by atoms with Crippen molar-refractivity contribution >= 4 is 73.9 Å². The van der Waals surface area contributed by atoms with Crippen molar-refractivity contribution < 1.29 is 18.0 Å². The Balaban J connectivity index is 1.74. The predicted molar refractivity (Wildman–Crippen MR) is 174 cm³/mol. The molecule has 230 valence electrons. The first kappa shape index (κ1) is 33.4. The van der Waals surface area contributed by atoms with Crippen LogP contribution in [0.4, 0.5) is 5.69 Å². The monoisotopic (exact) mass is 683 g/mol. The third kappa shape index (κ3) is 8.37. The lowest BCUT2D eigenvalue weighted by Crippen LogP contribution is -2.54. The van der Waals surface area contributed by atoms with Gasteiger partial charge < -0.3 is 10.2 Å². The molecule has 1 N–H and O–H groups in total. The molecule has 0 bridgehead atoms. The molecule has 43 heavy (non-hydrogen) atoms. The summed E-state index contributed by atoms with van der Waals surface area (Å²) in [5, 5.41) is 4.22. The second kappa shape index (κ2) is 15.0. The highest BCUT2D eigenvalue weighted by Crippen LogP contribution is 2.33. The molecule has 7 nitrogen and oxygen atoms in total. The van der Waals surface area contributed by atoms with Gasteiger partial charge in [0, 0.05) is 27.7 Å². The lowest BCUT2D eigenvalue weighted by molar-refractivity contribution is -0.140. The van der Waals surface area contributed by atoms with E-state index in [0.717, 1.165) is 36.4 Å². The zero-order chi connectivity index (χ0) is 31.1. The minimum atomic E-state index is -4.27. The summed E-state index contributed by atoms with van der Waals surface area (Å²) in [7, 11) is -4.27. The van der Waals surface area contributed by atoms with Crippen molar-refractivity contribution in [3.05, 3.63) is 92.4 Å². The van der Waals surface area contributed by atoms with Crippen molar-refractivity contribution in [3.63, 3.8) is 0 Å². The summed E-state index contributed by atoms with van der Waals surface area (Å²) in [6.45, 7) is 1.14. The van der Waals surface area contributed by atoms with Gasteiger partial charge >= 0.3 is 0 Å². The molecular formula is C31H33Cl4N3O4S. The molecule has 1 saturated carbocycles. The summed E-state index contributed by atoms with van der Waals surface area (Å²) in [6.07, 6.45) is 5.22. The van der Waals surface area contributed by atoms with Gasteiger partial charge in [-0.05, 0) is 67.3 Å². The molecule has 4 rings (SSSR count). The zero-order valence-electron chi connectivity index (χ0n) is 23.6. The molecule has 1 atom stereocenters. The highest BCUT2D eigenvalue weighted by Gasteiger charge is 2.35. The smallest absolute Gasteiger partial charge is 0.264 e. The maximum atomic E-state index is 14.3. The number of sulfonamides is 1. The second-order valence-corrected chi connectivity index (χ2v) is 14.0. The molecule has 3 aromatic rings. The van der Waals surface area contributed by atoms with Gasteiger partial charge in [-0.1, -0.05) is 96.9 Å². The SMILES string of the molecule is CC[C@@H](C(=O)NC1CCCCC1)N(Cc1ccc(Cl)cc1Cl)C(=O)CN(c1ccc(Cl)cc1Cl)S(=O)(=O)c1ccccc1. The summed E-state index contributed by atoms with van der Waals surface area (Å²) in [5.74, 6) is -0.906. The summed E-state index contributed by atoms with van der Waals surface area (Å²) >= 11 is 25.2. The second-order valence-electron chi connectivity index (χ2n) is 10.4. The molecule has 1 fully saturated rings. The van der Waals surface area contributed by atoms with Crippen LogP contribution in [0.25, 0.3) is 0 Å². The molecule has 12 heteroatoms. The van der Waals surface area contributed by atoms with Crippen LogP contribution in [0.1, 0.15) is 51.0 Å². The van der Waals surface area contributed by atoms with Crippen LogP contribution in [0.2, 0.25) is 20.1 Å². The Hall–Kier alpha value is -2.49. The molecule has 0 radical (unpaired) electrons. The summed E-state index contributed by atoms with van der Waals surface area (Å²) in [5.41, 5.74) is 0.637. The number of nitrogens with zero attached hydrogens (tertiary/aromatic N) is 2. The van der Waals surface area contributed by atoms with Crippen LogP contribution in [-0.4, -0.2) is 43.8 Å². The van der Waals surface area contributed by atoms with Crippen molar-refractivity contribution in [2.75, 3.05) is 10.8 Å². The summed E-state index contributed by atoms with van der Waals surface area (Å²) in [4.78, 5) is 29.3. The molecule has 0 spiro atoms. The van der Waals surface area contributed by atoms with Gasteiger partial charge in [0.2, 0.25) is 11.8 Å². The first-order valence-corrected chi connectivity index (χ1v) is 17.0. The van der Waals surface area contributed by atoms with Gasteiger partial charge in [-0.2, -0.15) is 0 Å². The Morgan fingerprint density at radius 3 is 2.12 bits per heavy atom. The van der Waals surface area contributed by atoms with Crippen LogP contribution in [0, 0.1) is 0 Å². The standard InChI is InChI=1S/C31H33Cl4N3O4S/c1-2-28(31(40)36-24-9-5-3-6-10-24)37(19-21-13-14-22(32)17-26(21)34)30(39)20-38(29-16-15-23(33)18-27(29)35)43(41,42)25-11-7-4-8-12-25/h4,7-8,11-18,24,28H,2-3,5-6,9-10,19-20H2,1H3,(H,36,40)/t28-/m0/s1. The molecule has 1 aliphatic carbocycles. The van der Waals surface area contributed by atoms with Gasteiger partial charge in [-0.25, -0.2) is 8.42 Å². The van der Waals surface area contributed by atoms with Crippen molar-refractivity contribution in [3.8, 4) is 0 Å². The number of amides is 2. The van der Waals surface area contributed by atoms with Gasteiger partial charge in [-0.3, -0.25) is 13.9 Å². The third-order valence-corrected chi connectivity index (χ3v) is 10.4. The highest BCUT2D eigenvalue weighted by molar-refractivity contribution is 7.92. The first-order valence-electron chi connectivity index (χ1n) is 14.1. The molecule has 0 aromatic heterocycles. The Bertz CT molecular complexity index is 1550. The molecule has 0 saturated heterocycles. The molecule has 3 aromatic carbocycles. The van der Waals surface area contributed by atoms with E-state index in [1.54, 1.807) is 36.4 Å². The quantitative estimate of drug-likeness (QED) is 0.224. The summed E-state index contributed by atoms with van der Waals surface area (Å²) in [6, 6.07) is 16.1. The Labute approximate surface area is 273 Å². The van der Waals surface area contributed by atoms with E-state index in [1.807, 2.05) is 6.92 Å². The van der Waals surface area contributed by atoms with Crippen LogP contribution in [0.5, 0.6) is 0 Å². The Morgan fingerprint density at radius 1 is 0.884 bits per heavy atom. The number of rotatable bonds is 11. The van der Waals surface area contributed by atoms with E-state index >= 15 is 0 Å². The van der Waals surface area contributed by atoms with Crippen LogP contribution in [0.3, 0.4) is 0 Å². The van der Waals surface area contributed by atoms with E-state index in [-0.39, 0.29) is 34.1 Å². The molecule has 0 unspecified atom stereocenters. The van der Waals surface area contributed by atoms with Gasteiger partial charge in [0.05, 0.1) is 15.6 Å². The average Bonchev–Trinajstić information content (AvgIpc) is 2.98. The fourth-order valence-corrected chi connectivity index (χ4v) is 7.70. The minimum absolute atomic E-state index is 0.0224. The molecule has 2 amide bonds. The van der Waals surface area contributed by atoms with E-state index in [2.05, 4.69) is 5.32 Å². The summed E-state index contributed by atoms with van der Waals surface area (Å²) < 4.78 is 28.9. The zero-order valence-corrected chi connectivity index (χ0v) is 27.5.